The van der Waals surface area contributed by atoms with Gasteiger partial charge in [0.05, 0.1) is 6.61 Å². The van der Waals surface area contributed by atoms with Gasteiger partial charge in [-0.3, -0.25) is 0 Å². The van der Waals surface area contributed by atoms with Crippen LogP contribution in [0, 0.1) is 5.92 Å². The molecule has 0 heterocycles. The molecule has 3 N–H and O–H groups in total. The fourth-order valence-electron chi connectivity index (χ4n) is 0.927. The molecule has 1 saturated carbocycles. The van der Waals surface area contributed by atoms with Crippen LogP contribution in [-0.2, 0) is 4.74 Å². The minimum atomic E-state index is 0.120. The second-order valence-electron chi connectivity index (χ2n) is 3.40. The maximum absolute atomic E-state index is 8.34. The Morgan fingerprint density at radius 2 is 2.38 bits per heavy atom. The lowest BCUT2D eigenvalue weighted by Gasteiger charge is -2.16. The summed E-state index contributed by atoms with van der Waals surface area (Å²) in [6.45, 7) is 2.13. The molecule has 0 atom stereocenters. The summed E-state index contributed by atoms with van der Waals surface area (Å²) in [5.74, 6) is 0.907. The summed E-state index contributed by atoms with van der Waals surface area (Å²) in [6.07, 6.45) is 2.60. The predicted octanol–water partition coefficient (Wildman–Crippen LogP) is 0.0487. The van der Waals surface area contributed by atoms with Crippen LogP contribution in [0.5, 0.6) is 0 Å². The minimum Gasteiger partial charge on any atom is -0.408 e. The highest BCUT2D eigenvalue weighted by molar-refractivity contribution is 5.76. The van der Waals surface area contributed by atoms with Crippen LogP contribution < -0.4 is 5.73 Å². The molecule has 1 aliphatic rings. The van der Waals surface area contributed by atoms with Gasteiger partial charge in [0.15, 0.2) is 0 Å². The average molecular weight is 187 g/mol. The Bertz CT molecular complexity index is 180. The monoisotopic (exact) mass is 187 g/mol. The largest absolute Gasteiger partial charge is 0.408 e. The van der Waals surface area contributed by atoms with Crippen molar-refractivity contribution in [1.29, 1.82) is 0 Å². The zero-order valence-electron chi connectivity index (χ0n) is 7.94. The molecule has 1 aliphatic carbocycles. The third kappa shape index (κ3) is 3.98. The smallest absolute Gasteiger partial charge is 0.233 e. The normalized spacial score (nSPS) is 17.5. The van der Waals surface area contributed by atoms with E-state index in [0.29, 0.717) is 13.2 Å². The number of oxime groups is 1. The molecule has 0 aromatic rings. The van der Waals surface area contributed by atoms with E-state index in [2.05, 4.69) is 5.16 Å². The molecule has 0 unspecified atom stereocenters. The van der Waals surface area contributed by atoms with Gasteiger partial charge < -0.3 is 20.6 Å². The van der Waals surface area contributed by atoms with Gasteiger partial charge in [-0.1, -0.05) is 5.16 Å². The van der Waals surface area contributed by atoms with E-state index in [1.165, 1.54) is 12.8 Å². The first-order valence-electron chi connectivity index (χ1n) is 4.50. The summed E-state index contributed by atoms with van der Waals surface area (Å²) in [5.41, 5.74) is 5.34. The van der Waals surface area contributed by atoms with Gasteiger partial charge in [0, 0.05) is 20.2 Å². The number of hydrogen-bond donors (Lipinski definition) is 2. The third-order valence-electron chi connectivity index (χ3n) is 2.12. The Morgan fingerprint density at radius 1 is 1.69 bits per heavy atom. The van der Waals surface area contributed by atoms with Crippen LogP contribution in [0.3, 0.4) is 0 Å². The Morgan fingerprint density at radius 3 is 2.92 bits per heavy atom. The van der Waals surface area contributed by atoms with Crippen LogP contribution in [0.1, 0.15) is 12.8 Å². The van der Waals surface area contributed by atoms with Gasteiger partial charge >= 0.3 is 0 Å². The molecule has 0 radical (unpaired) electrons. The maximum atomic E-state index is 8.34. The summed E-state index contributed by atoms with van der Waals surface area (Å²) in [6, 6.07) is 0. The summed E-state index contributed by atoms with van der Waals surface area (Å²) in [7, 11) is 1.76. The van der Waals surface area contributed by atoms with Crippen LogP contribution in [0.15, 0.2) is 5.16 Å². The van der Waals surface area contributed by atoms with E-state index < -0.39 is 0 Å². The number of nitrogens with two attached hydrogens (primary N) is 1. The van der Waals surface area contributed by atoms with Gasteiger partial charge in [-0.25, -0.2) is 0 Å². The third-order valence-corrected chi connectivity index (χ3v) is 2.12. The average Bonchev–Trinajstić information content (AvgIpc) is 2.94. The zero-order valence-corrected chi connectivity index (χ0v) is 7.94. The van der Waals surface area contributed by atoms with E-state index in [9.17, 15) is 0 Å². The van der Waals surface area contributed by atoms with Gasteiger partial charge in [0.1, 0.15) is 0 Å². The van der Waals surface area contributed by atoms with E-state index in [1.807, 2.05) is 0 Å². The molecule has 13 heavy (non-hydrogen) atoms. The first-order valence-corrected chi connectivity index (χ1v) is 4.50. The Balaban J connectivity index is 1.97. The van der Waals surface area contributed by atoms with Crippen LogP contribution in [0.2, 0.25) is 0 Å². The van der Waals surface area contributed by atoms with E-state index in [1.54, 1.807) is 11.9 Å². The minimum absolute atomic E-state index is 0.120. The first kappa shape index (κ1) is 10.1. The standard InChI is InChI=1S/C8H17N3O2/c1-11(8(9)10-12)4-5-13-6-7-2-3-7/h7,12H,2-6H2,1H3,(H2,9,10). The summed E-state index contributed by atoms with van der Waals surface area (Å²) < 4.78 is 5.39. The van der Waals surface area contributed by atoms with E-state index >= 15 is 0 Å². The highest BCUT2D eigenvalue weighted by Gasteiger charge is 2.20. The molecule has 5 nitrogen and oxygen atoms in total. The molecule has 0 saturated heterocycles. The number of ether oxygens (including phenoxy) is 1. The topological polar surface area (TPSA) is 71.1 Å². The van der Waals surface area contributed by atoms with Crippen molar-refractivity contribution in [1.82, 2.24) is 4.90 Å². The highest BCUT2D eigenvalue weighted by atomic mass is 16.5. The zero-order chi connectivity index (χ0) is 9.68. The quantitative estimate of drug-likeness (QED) is 0.210. The van der Waals surface area contributed by atoms with Crippen molar-refractivity contribution in [3.05, 3.63) is 0 Å². The molecule has 0 aromatic heterocycles. The maximum Gasteiger partial charge on any atom is 0.233 e. The Labute approximate surface area is 78.1 Å². The lowest BCUT2D eigenvalue weighted by molar-refractivity contribution is 0.115. The molecule has 5 heteroatoms. The van der Waals surface area contributed by atoms with E-state index in [-0.39, 0.29) is 5.96 Å². The molecule has 0 aliphatic heterocycles. The predicted molar refractivity (Wildman–Crippen MR) is 49.6 cm³/mol. The van der Waals surface area contributed by atoms with Crippen molar-refractivity contribution in [2.24, 2.45) is 16.8 Å². The van der Waals surface area contributed by atoms with E-state index in [0.717, 1.165) is 12.5 Å². The van der Waals surface area contributed by atoms with Crippen molar-refractivity contribution in [2.75, 3.05) is 26.8 Å². The van der Waals surface area contributed by atoms with Crippen LogP contribution in [0.4, 0.5) is 0 Å². The van der Waals surface area contributed by atoms with Gasteiger partial charge in [-0.05, 0) is 18.8 Å². The van der Waals surface area contributed by atoms with Crippen molar-refractivity contribution < 1.29 is 9.94 Å². The fraction of sp³-hybridized carbons (Fsp3) is 0.875. The van der Waals surface area contributed by atoms with Gasteiger partial charge in [0.25, 0.3) is 0 Å². The summed E-state index contributed by atoms with van der Waals surface area (Å²) >= 11 is 0. The second-order valence-corrected chi connectivity index (χ2v) is 3.40. The van der Waals surface area contributed by atoms with Crippen LogP contribution in [0.25, 0.3) is 0 Å². The molecule has 0 aromatic carbocycles. The second kappa shape index (κ2) is 4.91. The number of hydrogen-bond acceptors (Lipinski definition) is 3. The molecule has 76 valence electrons. The number of nitrogens with zero attached hydrogens (tertiary/aromatic N) is 2. The van der Waals surface area contributed by atoms with Gasteiger partial charge in [-0.2, -0.15) is 0 Å². The van der Waals surface area contributed by atoms with Crippen molar-refractivity contribution in [3.63, 3.8) is 0 Å². The van der Waals surface area contributed by atoms with Gasteiger partial charge in [0.2, 0.25) is 5.96 Å². The molecule has 0 amide bonds. The molecule has 0 bridgehead atoms. The SMILES string of the molecule is CN(CCOCC1CC1)C(N)=NO. The molecular weight excluding hydrogens is 170 g/mol. The number of rotatable bonds is 5. The Kier molecular flexibility index (Phi) is 3.82. The van der Waals surface area contributed by atoms with Crippen molar-refractivity contribution in [3.8, 4) is 0 Å². The molecule has 0 spiro atoms. The van der Waals surface area contributed by atoms with Crippen molar-refractivity contribution >= 4 is 5.96 Å². The molecule has 1 rings (SSSR count). The van der Waals surface area contributed by atoms with Crippen LogP contribution in [-0.4, -0.2) is 42.9 Å². The van der Waals surface area contributed by atoms with Gasteiger partial charge in [-0.15, -0.1) is 0 Å². The number of likely N-dealkylation sites (N-methyl/N-ethyl adjacent to an activating group) is 1. The molecule has 1 fully saturated rings. The Hall–Kier alpha value is -0.970. The summed E-state index contributed by atoms with van der Waals surface area (Å²) in [4.78, 5) is 1.65. The van der Waals surface area contributed by atoms with Crippen molar-refractivity contribution in [2.45, 2.75) is 12.8 Å². The number of guanidine groups is 1. The molecular formula is C8H17N3O2. The lowest BCUT2D eigenvalue weighted by Crippen LogP contribution is -2.36. The lowest BCUT2D eigenvalue weighted by atomic mass is 10.5. The van der Waals surface area contributed by atoms with Crippen LogP contribution >= 0.6 is 0 Å². The summed E-state index contributed by atoms with van der Waals surface area (Å²) in [5, 5.41) is 11.2. The fourth-order valence-corrected chi connectivity index (χ4v) is 0.927. The van der Waals surface area contributed by atoms with E-state index in [4.69, 9.17) is 15.7 Å². The highest BCUT2D eigenvalue weighted by Crippen LogP contribution is 2.28. The first-order chi connectivity index (χ1) is 6.24.